The van der Waals surface area contributed by atoms with Crippen LogP contribution in [-0.4, -0.2) is 12.5 Å². The quantitative estimate of drug-likeness (QED) is 0.810. The summed E-state index contributed by atoms with van der Waals surface area (Å²) < 4.78 is 0. The van der Waals surface area contributed by atoms with Crippen molar-refractivity contribution >= 4 is 5.91 Å². The molecule has 0 aliphatic heterocycles. The first-order valence-electron chi connectivity index (χ1n) is 5.90. The standard InChI is InChI=1S/C14H21NO/c1-11(2)10-15-14(16)9-8-13-6-4-12(3)5-7-13/h4-7,11H,8-10H2,1-3H3,(H,15,16). The van der Waals surface area contributed by atoms with Crippen molar-refractivity contribution in [3.05, 3.63) is 35.4 Å². The SMILES string of the molecule is Cc1ccc(CCC(=O)NCC(C)C)cc1. The van der Waals surface area contributed by atoms with Gasteiger partial charge in [0.15, 0.2) is 0 Å². The number of hydrogen-bond acceptors (Lipinski definition) is 1. The summed E-state index contributed by atoms with van der Waals surface area (Å²) in [4.78, 5) is 11.5. The number of rotatable bonds is 5. The van der Waals surface area contributed by atoms with Crippen LogP contribution in [0.15, 0.2) is 24.3 Å². The summed E-state index contributed by atoms with van der Waals surface area (Å²) >= 11 is 0. The van der Waals surface area contributed by atoms with Crippen LogP contribution in [0.5, 0.6) is 0 Å². The molecule has 2 heteroatoms. The second kappa shape index (κ2) is 6.31. The minimum Gasteiger partial charge on any atom is -0.356 e. The minimum atomic E-state index is 0.147. The molecule has 0 unspecified atom stereocenters. The second-order valence-electron chi connectivity index (χ2n) is 4.68. The van der Waals surface area contributed by atoms with Gasteiger partial charge in [0.1, 0.15) is 0 Å². The van der Waals surface area contributed by atoms with Crippen LogP contribution in [-0.2, 0) is 11.2 Å². The summed E-state index contributed by atoms with van der Waals surface area (Å²) in [5.41, 5.74) is 2.48. The van der Waals surface area contributed by atoms with Crippen LogP contribution in [0.2, 0.25) is 0 Å². The first kappa shape index (κ1) is 12.8. The largest absolute Gasteiger partial charge is 0.356 e. The predicted octanol–water partition coefficient (Wildman–Crippen LogP) is 2.70. The van der Waals surface area contributed by atoms with Crippen molar-refractivity contribution in [3.63, 3.8) is 0 Å². The van der Waals surface area contributed by atoms with Crippen molar-refractivity contribution in [2.75, 3.05) is 6.54 Å². The Hall–Kier alpha value is -1.31. The third-order valence-corrected chi connectivity index (χ3v) is 2.47. The molecule has 88 valence electrons. The number of hydrogen-bond donors (Lipinski definition) is 1. The monoisotopic (exact) mass is 219 g/mol. The topological polar surface area (TPSA) is 29.1 Å². The maximum absolute atomic E-state index is 11.5. The smallest absolute Gasteiger partial charge is 0.220 e. The van der Waals surface area contributed by atoms with Crippen molar-refractivity contribution in [3.8, 4) is 0 Å². The summed E-state index contributed by atoms with van der Waals surface area (Å²) in [6.07, 6.45) is 1.40. The molecule has 0 aliphatic rings. The summed E-state index contributed by atoms with van der Waals surface area (Å²) in [6, 6.07) is 8.35. The molecule has 1 N–H and O–H groups in total. The van der Waals surface area contributed by atoms with Gasteiger partial charge in [-0.3, -0.25) is 4.79 Å². The number of amides is 1. The molecule has 0 radical (unpaired) electrons. The van der Waals surface area contributed by atoms with Gasteiger partial charge in [-0.1, -0.05) is 43.7 Å². The highest BCUT2D eigenvalue weighted by atomic mass is 16.1. The van der Waals surface area contributed by atoms with E-state index in [2.05, 4.69) is 50.4 Å². The third kappa shape index (κ3) is 4.96. The van der Waals surface area contributed by atoms with E-state index in [1.54, 1.807) is 0 Å². The molecule has 1 amide bonds. The fraction of sp³-hybridized carbons (Fsp3) is 0.500. The molecule has 0 saturated carbocycles. The fourth-order valence-electron chi connectivity index (χ4n) is 1.42. The first-order chi connectivity index (χ1) is 7.58. The lowest BCUT2D eigenvalue weighted by Crippen LogP contribution is -2.27. The fourth-order valence-corrected chi connectivity index (χ4v) is 1.42. The Morgan fingerprint density at radius 2 is 1.88 bits per heavy atom. The summed E-state index contributed by atoms with van der Waals surface area (Å²) in [7, 11) is 0. The molecule has 2 nitrogen and oxygen atoms in total. The van der Waals surface area contributed by atoms with Gasteiger partial charge in [-0.05, 0) is 24.8 Å². The van der Waals surface area contributed by atoms with Crippen LogP contribution in [0, 0.1) is 12.8 Å². The van der Waals surface area contributed by atoms with E-state index in [1.807, 2.05) is 0 Å². The van der Waals surface area contributed by atoms with Gasteiger partial charge in [-0.2, -0.15) is 0 Å². The van der Waals surface area contributed by atoms with Crippen molar-refractivity contribution < 1.29 is 4.79 Å². The zero-order valence-corrected chi connectivity index (χ0v) is 10.4. The Bertz CT molecular complexity index is 327. The van der Waals surface area contributed by atoms with E-state index in [-0.39, 0.29) is 5.91 Å². The molecule has 0 aromatic heterocycles. The number of aryl methyl sites for hydroxylation is 2. The lowest BCUT2D eigenvalue weighted by Gasteiger charge is -2.07. The van der Waals surface area contributed by atoms with Crippen LogP contribution in [0.4, 0.5) is 0 Å². The van der Waals surface area contributed by atoms with Gasteiger partial charge in [0.05, 0.1) is 0 Å². The molecular formula is C14H21NO. The normalized spacial score (nSPS) is 10.5. The molecular weight excluding hydrogens is 198 g/mol. The van der Waals surface area contributed by atoms with Gasteiger partial charge >= 0.3 is 0 Å². The van der Waals surface area contributed by atoms with E-state index in [9.17, 15) is 4.79 Å². The molecule has 1 aromatic rings. The summed E-state index contributed by atoms with van der Waals surface area (Å²) in [5.74, 6) is 0.664. The number of carbonyl (C=O) groups is 1. The number of nitrogens with one attached hydrogen (secondary N) is 1. The van der Waals surface area contributed by atoms with Gasteiger partial charge < -0.3 is 5.32 Å². The van der Waals surface area contributed by atoms with Crippen molar-refractivity contribution in [1.82, 2.24) is 5.32 Å². The minimum absolute atomic E-state index is 0.147. The Kier molecular flexibility index (Phi) is 5.03. The average Bonchev–Trinajstić information content (AvgIpc) is 2.25. The molecule has 1 rings (SSSR count). The molecule has 0 saturated heterocycles. The zero-order valence-electron chi connectivity index (χ0n) is 10.4. The van der Waals surface area contributed by atoms with Crippen LogP contribution >= 0.6 is 0 Å². The third-order valence-electron chi connectivity index (χ3n) is 2.47. The maximum atomic E-state index is 11.5. The van der Waals surface area contributed by atoms with Gasteiger partial charge in [-0.15, -0.1) is 0 Å². The Labute approximate surface area is 98.1 Å². The highest BCUT2D eigenvalue weighted by molar-refractivity contribution is 5.76. The lowest BCUT2D eigenvalue weighted by atomic mass is 10.1. The van der Waals surface area contributed by atoms with Gasteiger partial charge in [-0.25, -0.2) is 0 Å². The van der Waals surface area contributed by atoms with Crippen LogP contribution < -0.4 is 5.32 Å². The predicted molar refractivity (Wildman–Crippen MR) is 67.3 cm³/mol. The number of carbonyl (C=O) groups excluding carboxylic acids is 1. The van der Waals surface area contributed by atoms with E-state index in [4.69, 9.17) is 0 Å². The van der Waals surface area contributed by atoms with Crippen LogP contribution in [0.25, 0.3) is 0 Å². The number of benzene rings is 1. The highest BCUT2D eigenvalue weighted by Gasteiger charge is 2.02. The molecule has 0 spiro atoms. The lowest BCUT2D eigenvalue weighted by molar-refractivity contribution is -0.121. The van der Waals surface area contributed by atoms with E-state index in [0.29, 0.717) is 12.3 Å². The van der Waals surface area contributed by atoms with Crippen LogP contribution in [0.3, 0.4) is 0 Å². The average molecular weight is 219 g/mol. The molecule has 0 heterocycles. The van der Waals surface area contributed by atoms with Gasteiger partial charge in [0.25, 0.3) is 0 Å². The molecule has 0 aliphatic carbocycles. The molecule has 1 aromatic carbocycles. The molecule has 16 heavy (non-hydrogen) atoms. The summed E-state index contributed by atoms with van der Waals surface area (Å²) in [6.45, 7) is 7.03. The maximum Gasteiger partial charge on any atom is 0.220 e. The van der Waals surface area contributed by atoms with Crippen molar-refractivity contribution in [1.29, 1.82) is 0 Å². The van der Waals surface area contributed by atoms with E-state index in [0.717, 1.165) is 13.0 Å². The van der Waals surface area contributed by atoms with Crippen molar-refractivity contribution in [2.24, 2.45) is 5.92 Å². The van der Waals surface area contributed by atoms with E-state index < -0.39 is 0 Å². The zero-order chi connectivity index (χ0) is 12.0. The van der Waals surface area contributed by atoms with E-state index >= 15 is 0 Å². The molecule has 0 atom stereocenters. The Balaban J connectivity index is 2.29. The second-order valence-corrected chi connectivity index (χ2v) is 4.68. The Morgan fingerprint density at radius 1 is 1.25 bits per heavy atom. The van der Waals surface area contributed by atoms with E-state index in [1.165, 1.54) is 11.1 Å². The van der Waals surface area contributed by atoms with Gasteiger partial charge in [0, 0.05) is 13.0 Å². The van der Waals surface area contributed by atoms with Gasteiger partial charge in [0.2, 0.25) is 5.91 Å². The Morgan fingerprint density at radius 3 is 2.44 bits per heavy atom. The van der Waals surface area contributed by atoms with Crippen LogP contribution in [0.1, 0.15) is 31.4 Å². The highest BCUT2D eigenvalue weighted by Crippen LogP contribution is 2.05. The molecule has 0 bridgehead atoms. The van der Waals surface area contributed by atoms with Crippen molar-refractivity contribution in [2.45, 2.75) is 33.6 Å². The summed E-state index contributed by atoms with van der Waals surface area (Å²) in [5, 5.41) is 2.92. The first-order valence-corrected chi connectivity index (χ1v) is 5.90. The molecule has 0 fully saturated rings.